The van der Waals surface area contributed by atoms with Crippen molar-refractivity contribution in [1.29, 1.82) is 0 Å². The van der Waals surface area contributed by atoms with Crippen molar-refractivity contribution >= 4 is 66.4 Å². The molecule has 0 fully saturated rings. The third kappa shape index (κ3) is 6.48. The van der Waals surface area contributed by atoms with Gasteiger partial charge in [-0.05, 0) is 144 Å². The van der Waals surface area contributed by atoms with Gasteiger partial charge in [0.25, 0.3) is 0 Å². The first kappa shape index (κ1) is 38.6. The van der Waals surface area contributed by atoms with Gasteiger partial charge in [0.2, 0.25) is 0 Å². The molecule has 0 N–H and O–H groups in total. The maximum absolute atomic E-state index is 2.49. The maximum atomic E-state index is 2.49. The first-order chi connectivity index (χ1) is 29.3. The molecule has 1 aliphatic carbocycles. The number of para-hydroxylation sites is 2. The average Bonchev–Trinajstić information content (AvgIpc) is 3.26. The molecule has 0 bridgehead atoms. The van der Waals surface area contributed by atoms with E-state index in [0.29, 0.717) is 0 Å². The van der Waals surface area contributed by atoms with Crippen LogP contribution >= 0.6 is 0 Å². The summed E-state index contributed by atoms with van der Waals surface area (Å²) in [6.07, 6.45) is 0. The van der Waals surface area contributed by atoms with Crippen molar-refractivity contribution in [3.8, 4) is 11.1 Å². The van der Waals surface area contributed by atoms with Crippen LogP contribution in [0.25, 0.3) is 43.4 Å². The normalized spacial score (nSPS) is 13.4. The number of anilines is 6. The zero-order valence-corrected chi connectivity index (χ0v) is 36.7. The molecule has 0 saturated carbocycles. The lowest BCUT2D eigenvalue weighted by atomic mass is 9.68. The van der Waals surface area contributed by atoms with Crippen LogP contribution in [0.4, 0.5) is 34.1 Å². The zero-order chi connectivity index (χ0) is 42.3. The second-order valence-corrected chi connectivity index (χ2v) is 19.5. The third-order valence-electron chi connectivity index (χ3n) is 13.1. The van der Waals surface area contributed by atoms with Crippen LogP contribution in [0.2, 0.25) is 0 Å². The Labute approximate surface area is 361 Å². The van der Waals surface area contributed by atoms with Crippen LogP contribution in [0.1, 0.15) is 77.6 Å². The van der Waals surface area contributed by atoms with Crippen molar-refractivity contribution < 1.29 is 0 Å². The van der Waals surface area contributed by atoms with E-state index in [9.17, 15) is 0 Å². The summed E-state index contributed by atoms with van der Waals surface area (Å²) in [6.45, 7) is 18.5. The van der Waals surface area contributed by atoms with Gasteiger partial charge < -0.3 is 9.80 Å². The van der Waals surface area contributed by atoms with Crippen molar-refractivity contribution in [2.24, 2.45) is 0 Å². The summed E-state index contributed by atoms with van der Waals surface area (Å²) in [5.74, 6) is 0. The first-order valence-corrected chi connectivity index (χ1v) is 21.8. The fourth-order valence-corrected chi connectivity index (χ4v) is 9.78. The highest BCUT2D eigenvalue weighted by Gasteiger charge is 2.35. The van der Waals surface area contributed by atoms with Gasteiger partial charge in [0.15, 0.2) is 0 Å². The summed E-state index contributed by atoms with van der Waals surface area (Å²) in [4.78, 5) is 4.85. The van der Waals surface area contributed by atoms with Crippen LogP contribution in [0.3, 0.4) is 0 Å². The number of nitrogens with zero attached hydrogens (tertiary/aromatic N) is 2. The monoisotopic (exact) mass is 790 g/mol. The SMILES string of the molecule is CC(C)(C)c1ccc(N(c2ccccc2)c2ccc3c(c2)C(C)(C)c2cccc4c2c-3cc2c3ccccc3c(N(c3ccccc3)c3ccc(C(C)(C)C)cc3)cc42)cc1. The zero-order valence-electron chi connectivity index (χ0n) is 36.7. The molecule has 0 aliphatic heterocycles. The van der Waals surface area contributed by atoms with Crippen molar-refractivity contribution in [3.63, 3.8) is 0 Å². The minimum atomic E-state index is -0.255. The summed E-state index contributed by atoms with van der Waals surface area (Å²) in [7, 11) is 0. The standard InChI is InChI=1S/C59H54N2/c1-57(2,3)39-26-30-43(31-27-39)60(41-18-11-9-12-19-41)45-34-35-47-52-37-50-46-22-15-16-23-48(46)55(38-51(50)49-24-17-25-53(56(49)52)59(7,8)54(47)36-45)61(42-20-13-10-14-21-42)44-32-28-40(29-33-44)58(4,5)6/h9-38H,1-8H3. The Morgan fingerprint density at radius 3 is 1.41 bits per heavy atom. The maximum Gasteiger partial charge on any atom is 0.0546 e. The number of hydrogen-bond donors (Lipinski definition) is 0. The molecular weight excluding hydrogens is 737 g/mol. The predicted octanol–water partition coefficient (Wildman–Crippen LogP) is 17.0. The van der Waals surface area contributed by atoms with Crippen LogP contribution in [0, 0.1) is 0 Å². The van der Waals surface area contributed by atoms with Crippen molar-refractivity contribution in [2.75, 3.05) is 9.80 Å². The molecule has 0 unspecified atom stereocenters. The largest absolute Gasteiger partial charge is 0.310 e. The quantitative estimate of drug-likeness (QED) is 0.155. The molecule has 0 amide bonds. The molecule has 61 heavy (non-hydrogen) atoms. The van der Waals surface area contributed by atoms with E-state index in [1.165, 1.54) is 71.4 Å². The lowest BCUT2D eigenvalue weighted by Crippen LogP contribution is -2.24. The Hall–Kier alpha value is -6.64. The van der Waals surface area contributed by atoms with Crippen molar-refractivity contribution in [1.82, 2.24) is 0 Å². The van der Waals surface area contributed by atoms with Gasteiger partial charge in [-0.25, -0.2) is 0 Å². The van der Waals surface area contributed by atoms with E-state index in [2.05, 4.69) is 247 Å². The minimum absolute atomic E-state index is 0.0681. The number of benzene rings is 9. The molecule has 0 saturated heterocycles. The van der Waals surface area contributed by atoms with E-state index in [1.807, 2.05) is 0 Å². The molecule has 0 spiro atoms. The van der Waals surface area contributed by atoms with Gasteiger partial charge in [0, 0.05) is 39.2 Å². The Morgan fingerprint density at radius 1 is 0.344 bits per heavy atom. The number of rotatable bonds is 6. The molecule has 0 atom stereocenters. The van der Waals surface area contributed by atoms with Gasteiger partial charge in [0.05, 0.1) is 5.69 Å². The second-order valence-electron chi connectivity index (χ2n) is 19.5. The lowest BCUT2D eigenvalue weighted by molar-refractivity contribution is 0.590. The van der Waals surface area contributed by atoms with Gasteiger partial charge in [-0.2, -0.15) is 0 Å². The number of hydrogen-bond acceptors (Lipinski definition) is 2. The molecule has 300 valence electrons. The molecule has 0 aromatic heterocycles. The Kier molecular flexibility index (Phi) is 9.00. The van der Waals surface area contributed by atoms with Crippen LogP contribution in [0.15, 0.2) is 182 Å². The van der Waals surface area contributed by atoms with E-state index >= 15 is 0 Å². The topological polar surface area (TPSA) is 6.48 Å². The molecule has 0 heterocycles. The smallest absolute Gasteiger partial charge is 0.0546 e. The molecule has 2 heteroatoms. The highest BCUT2D eigenvalue weighted by Crippen LogP contribution is 2.53. The summed E-state index contributed by atoms with van der Waals surface area (Å²) in [5, 5.41) is 7.66. The van der Waals surface area contributed by atoms with E-state index in [4.69, 9.17) is 0 Å². The van der Waals surface area contributed by atoms with E-state index in [1.54, 1.807) is 0 Å². The fourth-order valence-electron chi connectivity index (χ4n) is 9.78. The Balaban J connectivity index is 1.20. The Morgan fingerprint density at radius 2 is 0.820 bits per heavy atom. The van der Waals surface area contributed by atoms with E-state index in [0.717, 1.165) is 28.4 Å². The molecule has 9 aromatic rings. The van der Waals surface area contributed by atoms with Gasteiger partial charge in [0.1, 0.15) is 0 Å². The third-order valence-corrected chi connectivity index (χ3v) is 13.1. The summed E-state index contributed by atoms with van der Waals surface area (Å²) in [6, 6.07) is 68.0. The molecule has 0 radical (unpaired) electrons. The summed E-state index contributed by atoms with van der Waals surface area (Å²) in [5.41, 5.74) is 14.8. The predicted molar refractivity (Wildman–Crippen MR) is 263 cm³/mol. The van der Waals surface area contributed by atoms with Crippen LogP contribution in [-0.2, 0) is 16.2 Å². The number of fused-ring (bicyclic) bond motifs is 6. The van der Waals surface area contributed by atoms with Crippen LogP contribution < -0.4 is 9.80 Å². The molecule has 2 nitrogen and oxygen atoms in total. The molecule has 9 aromatic carbocycles. The van der Waals surface area contributed by atoms with Gasteiger partial charge >= 0.3 is 0 Å². The van der Waals surface area contributed by atoms with Gasteiger partial charge in [-0.3, -0.25) is 0 Å². The summed E-state index contributed by atoms with van der Waals surface area (Å²) >= 11 is 0. The first-order valence-electron chi connectivity index (χ1n) is 21.8. The van der Waals surface area contributed by atoms with E-state index < -0.39 is 0 Å². The molecular formula is C59H54N2. The van der Waals surface area contributed by atoms with Crippen LogP contribution in [-0.4, -0.2) is 0 Å². The second kappa shape index (κ2) is 14.2. The van der Waals surface area contributed by atoms with Crippen LogP contribution in [0.5, 0.6) is 0 Å². The highest BCUT2D eigenvalue weighted by molar-refractivity contribution is 6.25. The highest BCUT2D eigenvalue weighted by atomic mass is 15.1. The minimum Gasteiger partial charge on any atom is -0.310 e. The summed E-state index contributed by atoms with van der Waals surface area (Å²) < 4.78 is 0. The Bertz CT molecular complexity index is 3090. The molecule has 1 aliphatic rings. The average molecular weight is 791 g/mol. The van der Waals surface area contributed by atoms with Crippen molar-refractivity contribution in [3.05, 3.63) is 204 Å². The lowest BCUT2D eigenvalue weighted by Gasteiger charge is -2.37. The van der Waals surface area contributed by atoms with Crippen molar-refractivity contribution in [2.45, 2.75) is 71.6 Å². The fraction of sp³-hybridized carbons (Fsp3) is 0.186. The molecule has 10 rings (SSSR count). The van der Waals surface area contributed by atoms with Gasteiger partial charge in [-0.1, -0.05) is 165 Å². The van der Waals surface area contributed by atoms with E-state index in [-0.39, 0.29) is 16.2 Å². The van der Waals surface area contributed by atoms with Gasteiger partial charge in [-0.15, -0.1) is 0 Å².